The standard InChI is InChI=1S/C16H26N4O3/c1-15(22)6-11-23-16(14(15)21)4-9-20(10-5-16)13-12(19(2)3)17-7-8-18-13/h7-8,14,21-22H,4-6,9-11H2,1-3H3/t14-,15+/m0/s1. The lowest BCUT2D eigenvalue weighted by molar-refractivity contribution is -0.239. The first-order chi connectivity index (χ1) is 10.9. The van der Waals surface area contributed by atoms with E-state index in [9.17, 15) is 10.2 Å². The van der Waals surface area contributed by atoms with Crippen molar-refractivity contribution >= 4 is 11.6 Å². The van der Waals surface area contributed by atoms with E-state index in [0.29, 0.717) is 39.0 Å². The van der Waals surface area contributed by atoms with Crippen LogP contribution in [0.15, 0.2) is 12.4 Å². The molecule has 2 aliphatic heterocycles. The van der Waals surface area contributed by atoms with Gasteiger partial charge < -0.3 is 24.7 Å². The third-order valence-electron chi connectivity index (χ3n) is 5.08. The van der Waals surface area contributed by atoms with Gasteiger partial charge >= 0.3 is 0 Å². The zero-order chi connectivity index (χ0) is 16.7. The van der Waals surface area contributed by atoms with E-state index in [4.69, 9.17) is 4.74 Å². The van der Waals surface area contributed by atoms with Gasteiger partial charge in [-0.25, -0.2) is 9.97 Å². The maximum absolute atomic E-state index is 10.6. The highest BCUT2D eigenvalue weighted by molar-refractivity contribution is 5.61. The number of piperidine rings is 1. The van der Waals surface area contributed by atoms with Crippen LogP contribution in [0.2, 0.25) is 0 Å². The van der Waals surface area contributed by atoms with Gasteiger partial charge in [0.05, 0.1) is 12.2 Å². The van der Waals surface area contributed by atoms with Crippen molar-refractivity contribution in [2.24, 2.45) is 0 Å². The van der Waals surface area contributed by atoms with Crippen molar-refractivity contribution in [3.8, 4) is 0 Å². The van der Waals surface area contributed by atoms with Gasteiger partial charge in [-0.15, -0.1) is 0 Å². The summed E-state index contributed by atoms with van der Waals surface area (Å²) in [7, 11) is 3.90. The Bertz CT molecular complexity index is 556. The molecule has 1 aromatic heterocycles. The summed E-state index contributed by atoms with van der Waals surface area (Å²) < 4.78 is 5.93. The third-order valence-corrected chi connectivity index (χ3v) is 5.08. The van der Waals surface area contributed by atoms with Gasteiger partial charge in [-0.05, 0) is 19.8 Å². The maximum atomic E-state index is 10.6. The number of hydrogen-bond acceptors (Lipinski definition) is 7. The Kier molecular flexibility index (Phi) is 4.20. The number of ether oxygens (including phenoxy) is 1. The highest BCUT2D eigenvalue weighted by Crippen LogP contribution is 2.41. The molecule has 2 atom stereocenters. The molecule has 128 valence electrons. The molecule has 3 heterocycles. The number of aliphatic hydroxyl groups excluding tert-OH is 1. The molecule has 2 N–H and O–H groups in total. The molecule has 0 aliphatic carbocycles. The van der Waals surface area contributed by atoms with Crippen LogP contribution in [-0.2, 0) is 4.74 Å². The lowest BCUT2D eigenvalue weighted by Crippen LogP contribution is -2.64. The van der Waals surface area contributed by atoms with Crippen LogP contribution >= 0.6 is 0 Å². The van der Waals surface area contributed by atoms with E-state index in [-0.39, 0.29) is 0 Å². The molecule has 2 fully saturated rings. The SMILES string of the molecule is CN(C)c1nccnc1N1CCC2(CC1)OCC[C@@](C)(O)[C@@H]2O. The van der Waals surface area contributed by atoms with Gasteiger partial charge in [0.25, 0.3) is 0 Å². The minimum Gasteiger partial charge on any atom is -0.387 e. The van der Waals surface area contributed by atoms with Crippen molar-refractivity contribution in [3.05, 3.63) is 12.4 Å². The number of nitrogens with zero attached hydrogens (tertiary/aromatic N) is 4. The minimum absolute atomic E-state index is 0.467. The summed E-state index contributed by atoms with van der Waals surface area (Å²) in [4.78, 5) is 13.0. The smallest absolute Gasteiger partial charge is 0.171 e. The highest BCUT2D eigenvalue weighted by atomic mass is 16.5. The molecule has 1 spiro atoms. The maximum Gasteiger partial charge on any atom is 0.171 e. The number of aliphatic hydroxyl groups is 2. The van der Waals surface area contributed by atoms with Crippen molar-refractivity contribution in [3.63, 3.8) is 0 Å². The van der Waals surface area contributed by atoms with Gasteiger partial charge in [0.2, 0.25) is 0 Å². The monoisotopic (exact) mass is 322 g/mol. The van der Waals surface area contributed by atoms with E-state index >= 15 is 0 Å². The first-order valence-corrected chi connectivity index (χ1v) is 8.13. The average Bonchev–Trinajstić information content (AvgIpc) is 2.53. The topological polar surface area (TPSA) is 82.0 Å². The van der Waals surface area contributed by atoms with E-state index in [1.54, 1.807) is 19.3 Å². The first kappa shape index (κ1) is 16.4. The van der Waals surface area contributed by atoms with Crippen LogP contribution in [0.5, 0.6) is 0 Å². The second-order valence-corrected chi connectivity index (χ2v) is 7.01. The zero-order valence-corrected chi connectivity index (χ0v) is 14.1. The fraction of sp³-hybridized carbons (Fsp3) is 0.750. The summed E-state index contributed by atoms with van der Waals surface area (Å²) in [5, 5.41) is 21.0. The van der Waals surface area contributed by atoms with Crippen LogP contribution in [0.25, 0.3) is 0 Å². The van der Waals surface area contributed by atoms with Crippen LogP contribution in [0.1, 0.15) is 26.2 Å². The van der Waals surface area contributed by atoms with Crippen LogP contribution in [0, 0.1) is 0 Å². The molecule has 0 radical (unpaired) electrons. The van der Waals surface area contributed by atoms with Crippen molar-refractivity contribution < 1.29 is 14.9 Å². The van der Waals surface area contributed by atoms with Crippen LogP contribution < -0.4 is 9.80 Å². The van der Waals surface area contributed by atoms with Gasteiger partial charge in [-0.2, -0.15) is 0 Å². The van der Waals surface area contributed by atoms with E-state index in [2.05, 4.69) is 14.9 Å². The molecule has 2 saturated heterocycles. The fourth-order valence-corrected chi connectivity index (χ4v) is 3.62. The van der Waals surface area contributed by atoms with Crippen molar-refractivity contribution in [1.29, 1.82) is 0 Å². The molecular weight excluding hydrogens is 296 g/mol. The summed E-state index contributed by atoms with van der Waals surface area (Å²) >= 11 is 0. The second-order valence-electron chi connectivity index (χ2n) is 7.01. The van der Waals surface area contributed by atoms with Crippen LogP contribution in [-0.4, -0.2) is 71.3 Å². The summed E-state index contributed by atoms with van der Waals surface area (Å²) in [5.41, 5.74) is -1.74. The quantitative estimate of drug-likeness (QED) is 0.816. The molecule has 7 heteroatoms. The number of rotatable bonds is 2. The summed E-state index contributed by atoms with van der Waals surface area (Å²) in [6.45, 7) is 3.61. The van der Waals surface area contributed by atoms with Crippen molar-refractivity contribution in [2.75, 3.05) is 43.6 Å². The Hall–Kier alpha value is -1.44. The normalized spacial score (nSPS) is 30.5. The highest BCUT2D eigenvalue weighted by Gasteiger charge is 2.52. The van der Waals surface area contributed by atoms with E-state index in [1.165, 1.54) is 0 Å². The number of hydrogen-bond donors (Lipinski definition) is 2. The number of anilines is 2. The molecule has 7 nitrogen and oxygen atoms in total. The Balaban J connectivity index is 1.77. The van der Waals surface area contributed by atoms with Crippen LogP contribution in [0.3, 0.4) is 0 Å². The Morgan fingerprint density at radius 1 is 1.22 bits per heavy atom. The van der Waals surface area contributed by atoms with Gasteiger partial charge in [0.1, 0.15) is 11.7 Å². The molecule has 0 aromatic carbocycles. The average molecular weight is 322 g/mol. The minimum atomic E-state index is -1.08. The summed E-state index contributed by atoms with van der Waals surface area (Å²) in [5.74, 6) is 1.69. The predicted molar refractivity (Wildman–Crippen MR) is 87.7 cm³/mol. The first-order valence-electron chi connectivity index (χ1n) is 8.13. The van der Waals surface area contributed by atoms with Gasteiger partial charge in [0, 0.05) is 46.0 Å². The van der Waals surface area contributed by atoms with Crippen LogP contribution in [0.4, 0.5) is 11.6 Å². The zero-order valence-electron chi connectivity index (χ0n) is 14.1. The third kappa shape index (κ3) is 2.88. The molecule has 3 rings (SSSR count). The van der Waals surface area contributed by atoms with Gasteiger partial charge in [-0.3, -0.25) is 0 Å². The molecule has 23 heavy (non-hydrogen) atoms. The molecule has 0 unspecified atom stereocenters. The molecule has 0 bridgehead atoms. The Labute approximate surface area is 136 Å². The lowest BCUT2D eigenvalue weighted by atomic mass is 9.75. The summed E-state index contributed by atoms with van der Waals surface area (Å²) in [6, 6.07) is 0. The van der Waals surface area contributed by atoms with E-state index in [0.717, 1.165) is 11.6 Å². The van der Waals surface area contributed by atoms with Crippen molar-refractivity contribution in [1.82, 2.24) is 9.97 Å². The predicted octanol–water partition coefficient (Wildman–Crippen LogP) is 0.414. The molecule has 0 amide bonds. The van der Waals surface area contributed by atoms with Gasteiger partial charge in [0.15, 0.2) is 11.6 Å². The Morgan fingerprint density at radius 2 is 1.87 bits per heavy atom. The second kappa shape index (κ2) is 5.89. The number of aromatic nitrogens is 2. The molecule has 2 aliphatic rings. The largest absolute Gasteiger partial charge is 0.387 e. The van der Waals surface area contributed by atoms with E-state index in [1.807, 2.05) is 19.0 Å². The lowest BCUT2D eigenvalue weighted by Gasteiger charge is -2.51. The summed E-state index contributed by atoms with van der Waals surface area (Å²) in [6.07, 6.45) is 4.32. The fourth-order valence-electron chi connectivity index (χ4n) is 3.62. The Morgan fingerprint density at radius 3 is 2.52 bits per heavy atom. The molecule has 1 aromatic rings. The van der Waals surface area contributed by atoms with Crippen molar-refractivity contribution in [2.45, 2.75) is 43.5 Å². The van der Waals surface area contributed by atoms with Gasteiger partial charge in [-0.1, -0.05) is 0 Å². The van der Waals surface area contributed by atoms with E-state index < -0.39 is 17.3 Å². The molecular formula is C16H26N4O3. The molecule has 0 saturated carbocycles.